The normalized spacial score (nSPS) is 22.0. The van der Waals surface area contributed by atoms with E-state index in [1.165, 1.54) is 0 Å². The number of rotatable bonds is 5. The molecule has 0 saturated carbocycles. The summed E-state index contributed by atoms with van der Waals surface area (Å²) in [5, 5.41) is 3.05. The standard InChI is InChI=1S/C18H31N3O4/c1-12(2)11-25-18(24)20-7-5-15(6-8-20)19-17(23)14-9-16(22)21(10-14)13(3)4/h12-15H,5-11H2,1-4H3,(H,19,23). The smallest absolute Gasteiger partial charge is 0.409 e. The molecule has 142 valence electrons. The van der Waals surface area contributed by atoms with E-state index < -0.39 is 0 Å². The van der Waals surface area contributed by atoms with E-state index in [0.717, 1.165) is 12.8 Å². The van der Waals surface area contributed by atoms with Gasteiger partial charge in [-0.1, -0.05) is 13.8 Å². The quantitative estimate of drug-likeness (QED) is 0.814. The third kappa shape index (κ3) is 5.34. The van der Waals surface area contributed by atoms with Crippen LogP contribution < -0.4 is 5.32 Å². The third-order valence-electron chi connectivity index (χ3n) is 4.79. The van der Waals surface area contributed by atoms with E-state index in [4.69, 9.17) is 4.74 Å². The van der Waals surface area contributed by atoms with E-state index in [1.807, 2.05) is 27.7 Å². The Hall–Kier alpha value is -1.79. The van der Waals surface area contributed by atoms with Gasteiger partial charge in [-0.05, 0) is 32.6 Å². The molecule has 1 atom stereocenters. The topological polar surface area (TPSA) is 79.0 Å². The molecule has 1 unspecified atom stereocenters. The van der Waals surface area contributed by atoms with Gasteiger partial charge in [0, 0.05) is 38.1 Å². The molecule has 3 amide bonds. The summed E-state index contributed by atoms with van der Waals surface area (Å²) in [5.41, 5.74) is 0. The second kappa shape index (κ2) is 8.54. The van der Waals surface area contributed by atoms with E-state index in [0.29, 0.717) is 38.6 Å². The zero-order valence-electron chi connectivity index (χ0n) is 15.8. The van der Waals surface area contributed by atoms with Gasteiger partial charge in [0.1, 0.15) is 0 Å². The van der Waals surface area contributed by atoms with Crippen molar-refractivity contribution >= 4 is 17.9 Å². The van der Waals surface area contributed by atoms with Crippen molar-refractivity contribution in [2.75, 3.05) is 26.2 Å². The van der Waals surface area contributed by atoms with Crippen molar-refractivity contribution in [3.05, 3.63) is 0 Å². The van der Waals surface area contributed by atoms with Crippen molar-refractivity contribution in [3.8, 4) is 0 Å². The van der Waals surface area contributed by atoms with Gasteiger partial charge in [0.15, 0.2) is 0 Å². The average molecular weight is 353 g/mol. The summed E-state index contributed by atoms with van der Waals surface area (Å²) < 4.78 is 5.24. The summed E-state index contributed by atoms with van der Waals surface area (Å²) in [5.74, 6) is 0.0689. The molecule has 2 saturated heterocycles. The van der Waals surface area contributed by atoms with E-state index >= 15 is 0 Å². The summed E-state index contributed by atoms with van der Waals surface area (Å²) in [4.78, 5) is 39.8. The molecular weight excluding hydrogens is 322 g/mol. The molecule has 2 heterocycles. The van der Waals surface area contributed by atoms with E-state index in [-0.39, 0.29) is 35.9 Å². The number of carbonyl (C=O) groups excluding carboxylic acids is 3. The van der Waals surface area contributed by atoms with E-state index in [2.05, 4.69) is 5.32 Å². The third-order valence-corrected chi connectivity index (χ3v) is 4.79. The number of piperidine rings is 1. The van der Waals surface area contributed by atoms with Gasteiger partial charge >= 0.3 is 6.09 Å². The van der Waals surface area contributed by atoms with Crippen LogP contribution in [-0.2, 0) is 14.3 Å². The average Bonchev–Trinajstić information content (AvgIpc) is 2.95. The zero-order valence-corrected chi connectivity index (χ0v) is 15.8. The minimum atomic E-state index is -0.271. The fourth-order valence-electron chi connectivity index (χ4n) is 3.26. The van der Waals surface area contributed by atoms with Crippen LogP contribution in [0.1, 0.15) is 47.0 Å². The highest BCUT2D eigenvalue weighted by Crippen LogP contribution is 2.21. The molecule has 0 aromatic rings. The Morgan fingerprint density at radius 1 is 1.20 bits per heavy atom. The van der Waals surface area contributed by atoms with Crippen molar-refractivity contribution in [2.45, 2.75) is 59.0 Å². The van der Waals surface area contributed by atoms with Crippen LogP contribution in [0.4, 0.5) is 4.79 Å². The Morgan fingerprint density at radius 3 is 2.36 bits per heavy atom. The van der Waals surface area contributed by atoms with Crippen LogP contribution in [0.25, 0.3) is 0 Å². The van der Waals surface area contributed by atoms with Crippen molar-refractivity contribution in [2.24, 2.45) is 11.8 Å². The van der Waals surface area contributed by atoms with Gasteiger partial charge < -0.3 is 19.9 Å². The van der Waals surface area contributed by atoms with Gasteiger partial charge in [-0.25, -0.2) is 4.79 Å². The molecule has 0 aromatic carbocycles. The van der Waals surface area contributed by atoms with Gasteiger partial charge in [-0.15, -0.1) is 0 Å². The number of hydrogen-bond acceptors (Lipinski definition) is 4. The van der Waals surface area contributed by atoms with Gasteiger partial charge in [0.2, 0.25) is 11.8 Å². The maximum Gasteiger partial charge on any atom is 0.409 e. The Kier molecular flexibility index (Phi) is 6.67. The first-order valence-corrected chi connectivity index (χ1v) is 9.29. The molecule has 2 aliphatic heterocycles. The van der Waals surface area contributed by atoms with Gasteiger partial charge in [0.05, 0.1) is 12.5 Å². The highest BCUT2D eigenvalue weighted by Gasteiger charge is 2.36. The van der Waals surface area contributed by atoms with Crippen LogP contribution in [0, 0.1) is 11.8 Å². The lowest BCUT2D eigenvalue weighted by atomic mass is 10.0. The lowest BCUT2D eigenvalue weighted by Gasteiger charge is -2.32. The lowest BCUT2D eigenvalue weighted by molar-refractivity contribution is -0.130. The van der Waals surface area contributed by atoms with Crippen LogP contribution in [0.3, 0.4) is 0 Å². The molecule has 0 bridgehead atoms. The van der Waals surface area contributed by atoms with Crippen LogP contribution in [0.2, 0.25) is 0 Å². The Morgan fingerprint density at radius 2 is 1.84 bits per heavy atom. The summed E-state index contributed by atoms with van der Waals surface area (Å²) in [6, 6.07) is 0.190. The summed E-state index contributed by atoms with van der Waals surface area (Å²) in [6.45, 7) is 10.0. The largest absolute Gasteiger partial charge is 0.449 e. The molecule has 0 spiro atoms. The van der Waals surface area contributed by atoms with Crippen LogP contribution >= 0.6 is 0 Å². The van der Waals surface area contributed by atoms with Crippen LogP contribution in [0.15, 0.2) is 0 Å². The highest BCUT2D eigenvalue weighted by molar-refractivity contribution is 5.89. The zero-order chi connectivity index (χ0) is 18.6. The molecule has 25 heavy (non-hydrogen) atoms. The molecular formula is C18H31N3O4. The van der Waals surface area contributed by atoms with Crippen molar-refractivity contribution in [1.82, 2.24) is 15.1 Å². The Bertz CT molecular complexity index is 499. The summed E-state index contributed by atoms with van der Waals surface area (Å²) in [7, 11) is 0. The molecule has 2 aliphatic rings. The van der Waals surface area contributed by atoms with E-state index in [1.54, 1.807) is 9.80 Å². The number of hydrogen-bond donors (Lipinski definition) is 1. The van der Waals surface area contributed by atoms with Crippen LogP contribution in [0.5, 0.6) is 0 Å². The maximum atomic E-state index is 12.4. The Balaban J connectivity index is 1.74. The minimum absolute atomic E-state index is 0.0441. The summed E-state index contributed by atoms with van der Waals surface area (Å²) >= 11 is 0. The molecule has 2 rings (SSSR count). The SMILES string of the molecule is CC(C)COC(=O)N1CCC(NC(=O)C2CC(=O)N(C(C)C)C2)CC1. The number of amides is 3. The minimum Gasteiger partial charge on any atom is -0.449 e. The molecule has 1 N–H and O–H groups in total. The second-order valence-electron chi connectivity index (χ2n) is 7.78. The Labute approximate surface area is 150 Å². The second-order valence-corrected chi connectivity index (χ2v) is 7.78. The molecule has 7 nitrogen and oxygen atoms in total. The van der Waals surface area contributed by atoms with Crippen LogP contribution in [-0.4, -0.2) is 66.0 Å². The molecule has 0 radical (unpaired) electrons. The van der Waals surface area contributed by atoms with Crippen molar-refractivity contribution in [3.63, 3.8) is 0 Å². The number of nitrogens with one attached hydrogen (secondary N) is 1. The van der Waals surface area contributed by atoms with Gasteiger partial charge in [-0.2, -0.15) is 0 Å². The molecule has 0 aliphatic carbocycles. The van der Waals surface area contributed by atoms with Gasteiger partial charge in [0.25, 0.3) is 0 Å². The predicted octanol–water partition coefficient (Wildman–Crippen LogP) is 1.62. The van der Waals surface area contributed by atoms with E-state index in [9.17, 15) is 14.4 Å². The first-order valence-electron chi connectivity index (χ1n) is 9.29. The number of ether oxygens (including phenoxy) is 1. The molecule has 0 aromatic heterocycles. The van der Waals surface area contributed by atoms with Crippen molar-refractivity contribution in [1.29, 1.82) is 0 Å². The van der Waals surface area contributed by atoms with Gasteiger partial charge in [-0.3, -0.25) is 9.59 Å². The molecule has 7 heteroatoms. The summed E-state index contributed by atoms with van der Waals surface area (Å²) in [6.07, 6.45) is 1.46. The predicted molar refractivity (Wildman–Crippen MR) is 93.9 cm³/mol. The maximum absolute atomic E-state index is 12.4. The molecule has 2 fully saturated rings. The highest BCUT2D eigenvalue weighted by atomic mass is 16.6. The first kappa shape index (κ1) is 19.5. The number of likely N-dealkylation sites (tertiary alicyclic amines) is 2. The first-order chi connectivity index (χ1) is 11.8. The monoisotopic (exact) mass is 353 g/mol. The van der Waals surface area contributed by atoms with Crippen molar-refractivity contribution < 1.29 is 19.1 Å². The fraction of sp³-hybridized carbons (Fsp3) is 0.833. The number of nitrogens with zero attached hydrogens (tertiary/aromatic N) is 2. The number of carbonyl (C=O) groups is 3. The fourth-order valence-corrected chi connectivity index (χ4v) is 3.26. The lowest BCUT2D eigenvalue weighted by Crippen LogP contribution is -2.48.